The molecule has 0 spiro atoms. The van der Waals surface area contributed by atoms with Crippen LogP contribution < -0.4 is 9.62 Å². The highest BCUT2D eigenvalue weighted by atomic mass is 32.2. The minimum Gasteiger partial charge on any atom is -0.322 e. The molecule has 194 valence electrons. The van der Waals surface area contributed by atoms with Gasteiger partial charge in [-0.1, -0.05) is 72.8 Å². The van der Waals surface area contributed by atoms with Gasteiger partial charge in [-0.25, -0.2) is 8.42 Å². The van der Waals surface area contributed by atoms with E-state index >= 15 is 0 Å². The average Bonchev–Trinajstić information content (AvgIpc) is 2.98. The van der Waals surface area contributed by atoms with Crippen LogP contribution in [-0.4, -0.2) is 19.3 Å². The monoisotopic (exact) mass is 533 g/mol. The second-order valence-corrected chi connectivity index (χ2v) is 10.9. The zero-order valence-electron chi connectivity index (χ0n) is 21.1. The molecule has 7 heteroatoms. The van der Waals surface area contributed by atoms with Crippen LogP contribution in [0.1, 0.15) is 27.0 Å². The first-order valence-electron chi connectivity index (χ1n) is 12.5. The third-order valence-electron chi connectivity index (χ3n) is 6.29. The summed E-state index contributed by atoms with van der Waals surface area (Å²) in [7, 11) is -3.97. The number of pyridine rings is 1. The highest BCUT2D eigenvalue weighted by Crippen LogP contribution is 2.30. The van der Waals surface area contributed by atoms with Crippen LogP contribution in [0.15, 0.2) is 139 Å². The van der Waals surface area contributed by atoms with Crippen molar-refractivity contribution < 1.29 is 13.2 Å². The summed E-state index contributed by atoms with van der Waals surface area (Å²) in [5.41, 5.74) is 4.23. The zero-order valence-corrected chi connectivity index (χ0v) is 22.0. The Bertz CT molecular complexity index is 1640. The zero-order chi connectivity index (χ0) is 27.1. The number of para-hydroxylation sites is 1. The quantitative estimate of drug-likeness (QED) is 0.240. The summed E-state index contributed by atoms with van der Waals surface area (Å²) < 4.78 is 29.0. The summed E-state index contributed by atoms with van der Waals surface area (Å²) >= 11 is 0. The van der Waals surface area contributed by atoms with Crippen molar-refractivity contribution in [1.82, 2.24) is 4.98 Å². The van der Waals surface area contributed by atoms with Crippen LogP contribution >= 0.6 is 0 Å². The lowest BCUT2D eigenvalue weighted by Crippen LogP contribution is -2.32. The predicted octanol–water partition coefficient (Wildman–Crippen LogP) is 6.32. The Kier molecular flexibility index (Phi) is 7.80. The number of rotatable bonds is 9. The Morgan fingerprint density at radius 2 is 1.26 bits per heavy atom. The summed E-state index contributed by atoms with van der Waals surface area (Å²) in [5, 5.41) is 2.93. The van der Waals surface area contributed by atoms with Gasteiger partial charge in [-0.2, -0.15) is 0 Å². The normalized spacial score (nSPS) is 11.1. The summed E-state index contributed by atoms with van der Waals surface area (Å²) in [6, 6.07) is 35.9. The molecule has 0 aliphatic carbocycles. The topological polar surface area (TPSA) is 79.4 Å². The Labute approximate surface area is 228 Å². The highest BCUT2D eigenvalue weighted by Gasteiger charge is 2.28. The molecule has 0 bridgehead atoms. The number of carbonyl (C=O) groups is 1. The second-order valence-electron chi connectivity index (χ2n) is 9.01. The smallest absolute Gasteiger partial charge is 0.264 e. The van der Waals surface area contributed by atoms with Crippen molar-refractivity contribution in [2.24, 2.45) is 0 Å². The molecule has 0 unspecified atom stereocenters. The molecule has 0 aliphatic rings. The van der Waals surface area contributed by atoms with Crippen molar-refractivity contribution in [2.75, 3.05) is 9.62 Å². The lowest BCUT2D eigenvalue weighted by atomic mass is 10.1. The van der Waals surface area contributed by atoms with Crippen molar-refractivity contribution >= 4 is 27.3 Å². The Morgan fingerprint density at radius 1 is 0.667 bits per heavy atom. The molecule has 0 fully saturated rings. The van der Waals surface area contributed by atoms with Crippen molar-refractivity contribution in [1.29, 1.82) is 0 Å². The molecule has 1 aromatic heterocycles. The SMILES string of the molecule is O=C(Nc1ccc(Cc2ccncc2)cc1)c1ccccc1N(Cc1ccccc1)S(=O)(=O)c1ccccc1. The molecule has 0 saturated heterocycles. The van der Waals surface area contributed by atoms with E-state index in [0.29, 0.717) is 11.4 Å². The standard InChI is InChI=1S/C32H27N3O3S/c36-32(34-28-17-15-25(16-18-28)23-26-19-21-33-22-20-26)30-13-7-8-14-31(30)35(24-27-9-3-1-4-10-27)39(37,38)29-11-5-2-6-12-29/h1-22H,23-24H2,(H,34,36). The largest absolute Gasteiger partial charge is 0.322 e. The Balaban J connectivity index is 1.44. The van der Waals surface area contributed by atoms with E-state index < -0.39 is 15.9 Å². The number of benzene rings is 4. The molecule has 39 heavy (non-hydrogen) atoms. The molecule has 1 heterocycles. The fourth-order valence-electron chi connectivity index (χ4n) is 4.29. The summed E-state index contributed by atoms with van der Waals surface area (Å²) in [5.74, 6) is -0.395. The molecule has 4 aromatic carbocycles. The van der Waals surface area contributed by atoms with Crippen LogP contribution in [0, 0.1) is 0 Å². The minimum atomic E-state index is -3.97. The maximum absolute atomic E-state index is 13.8. The molecule has 1 amide bonds. The van der Waals surface area contributed by atoms with Gasteiger partial charge < -0.3 is 5.32 Å². The molecule has 5 rings (SSSR count). The molecule has 0 saturated carbocycles. The van der Waals surface area contributed by atoms with E-state index in [9.17, 15) is 13.2 Å². The van der Waals surface area contributed by atoms with E-state index in [4.69, 9.17) is 0 Å². The number of sulfonamides is 1. The van der Waals surface area contributed by atoms with Crippen LogP contribution in [0.3, 0.4) is 0 Å². The summed E-state index contributed by atoms with van der Waals surface area (Å²) in [6.07, 6.45) is 4.28. The maximum atomic E-state index is 13.8. The molecule has 0 aliphatic heterocycles. The highest BCUT2D eigenvalue weighted by molar-refractivity contribution is 7.92. The van der Waals surface area contributed by atoms with Crippen LogP contribution in [0.2, 0.25) is 0 Å². The van der Waals surface area contributed by atoms with Gasteiger partial charge in [0.25, 0.3) is 15.9 Å². The van der Waals surface area contributed by atoms with Crippen LogP contribution in [0.4, 0.5) is 11.4 Å². The third-order valence-corrected chi connectivity index (χ3v) is 8.06. The first kappa shape index (κ1) is 25.9. The van der Waals surface area contributed by atoms with Crippen molar-refractivity contribution in [2.45, 2.75) is 17.9 Å². The number of nitrogens with one attached hydrogen (secondary N) is 1. The predicted molar refractivity (Wildman–Crippen MR) is 154 cm³/mol. The van der Waals surface area contributed by atoms with E-state index in [2.05, 4.69) is 10.3 Å². The average molecular weight is 534 g/mol. The molecule has 0 atom stereocenters. The van der Waals surface area contributed by atoms with Gasteiger partial charge >= 0.3 is 0 Å². The number of hydrogen-bond acceptors (Lipinski definition) is 4. The number of amides is 1. The number of hydrogen-bond donors (Lipinski definition) is 1. The van der Waals surface area contributed by atoms with Crippen molar-refractivity contribution in [3.8, 4) is 0 Å². The fraction of sp³-hybridized carbons (Fsp3) is 0.0625. The number of nitrogens with zero attached hydrogens (tertiary/aromatic N) is 2. The van der Waals surface area contributed by atoms with Crippen molar-refractivity contribution in [3.05, 3.63) is 156 Å². The Hall–Kier alpha value is -4.75. The van der Waals surface area contributed by atoms with Gasteiger partial charge in [0.15, 0.2) is 0 Å². The second kappa shape index (κ2) is 11.8. The molecule has 1 N–H and O–H groups in total. The van der Waals surface area contributed by atoms with E-state index in [1.807, 2.05) is 66.7 Å². The fourth-order valence-corrected chi connectivity index (χ4v) is 5.79. The molecular weight excluding hydrogens is 506 g/mol. The summed E-state index contributed by atoms with van der Waals surface area (Å²) in [4.78, 5) is 17.7. The van der Waals surface area contributed by atoms with Gasteiger partial charge in [-0.3, -0.25) is 14.1 Å². The van der Waals surface area contributed by atoms with Gasteiger partial charge in [-0.15, -0.1) is 0 Å². The molecular formula is C32H27N3O3S. The van der Waals surface area contributed by atoms with Crippen molar-refractivity contribution in [3.63, 3.8) is 0 Å². The van der Waals surface area contributed by atoms with E-state index in [-0.39, 0.29) is 17.0 Å². The van der Waals surface area contributed by atoms with Crippen LogP contribution in [0.5, 0.6) is 0 Å². The molecule has 0 radical (unpaired) electrons. The first-order chi connectivity index (χ1) is 19.0. The lowest BCUT2D eigenvalue weighted by molar-refractivity contribution is 0.102. The van der Waals surface area contributed by atoms with E-state index in [1.165, 1.54) is 4.31 Å². The van der Waals surface area contributed by atoms with Crippen LogP contribution in [-0.2, 0) is 23.0 Å². The lowest BCUT2D eigenvalue weighted by Gasteiger charge is -2.26. The van der Waals surface area contributed by atoms with Gasteiger partial charge in [0.05, 0.1) is 22.7 Å². The molecule has 6 nitrogen and oxygen atoms in total. The van der Waals surface area contributed by atoms with Gasteiger partial charge in [0.1, 0.15) is 0 Å². The minimum absolute atomic E-state index is 0.0755. The number of carbonyl (C=O) groups excluding carboxylic acids is 1. The summed E-state index contributed by atoms with van der Waals surface area (Å²) in [6.45, 7) is 0.0755. The van der Waals surface area contributed by atoms with E-state index in [0.717, 1.165) is 23.1 Å². The first-order valence-corrected chi connectivity index (χ1v) is 13.9. The number of aromatic nitrogens is 1. The van der Waals surface area contributed by atoms with Gasteiger partial charge in [-0.05, 0) is 71.6 Å². The third kappa shape index (κ3) is 6.22. The van der Waals surface area contributed by atoms with E-state index in [1.54, 1.807) is 67.0 Å². The maximum Gasteiger partial charge on any atom is 0.264 e. The van der Waals surface area contributed by atoms with Gasteiger partial charge in [0, 0.05) is 18.1 Å². The Morgan fingerprint density at radius 3 is 1.95 bits per heavy atom. The van der Waals surface area contributed by atoms with Gasteiger partial charge in [0.2, 0.25) is 0 Å². The van der Waals surface area contributed by atoms with Crippen LogP contribution in [0.25, 0.3) is 0 Å². The molecule has 5 aromatic rings. The number of anilines is 2.